The summed E-state index contributed by atoms with van der Waals surface area (Å²) in [6.45, 7) is 4.02. The first-order valence-corrected chi connectivity index (χ1v) is 12.2. The van der Waals surface area contributed by atoms with Gasteiger partial charge in [0.1, 0.15) is 0 Å². The number of nitrogens with one attached hydrogen (secondary N) is 2. The fourth-order valence-corrected chi connectivity index (χ4v) is 4.97. The number of nitrogens with zero attached hydrogens (tertiary/aromatic N) is 1. The smallest absolute Gasteiger partial charge is 0.257 e. The van der Waals surface area contributed by atoms with Gasteiger partial charge in [-0.3, -0.25) is 24.6 Å². The zero-order valence-electron chi connectivity index (χ0n) is 21.6. The molecule has 1 saturated heterocycles. The minimum atomic E-state index is -0.494. The number of carbonyl (C=O) groups excluding carboxylic acids is 3. The van der Waals surface area contributed by atoms with Gasteiger partial charge in [-0.05, 0) is 47.7 Å². The minimum Gasteiger partial charge on any atom is -0.493 e. The highest BCUT2D eigenvalue weighted by atomic mass is 16.5. The van der Waals surface area contributed by atoms with Gasteiger partial charge in [-0.25, -0.2) is 0 Å². The van der Waals surface area contributed by atoms with Gasteiger partial charge < -0.3 is 24.3 Å². The van der Waals surface area contributed by atoms with Gasteiger partial charge in [0.05, 0.1) is 47.1 Å². The molecule has 2 aromatic rings. The van der Waals surface area contributed by atoms with Gasteiger partial charge in [0.2, 0.25) is 17.6 Å². The molecule has 0 aromatic heterocycles. The number of benzene rings is 2. The van der Waals surface area contributed by atoms with Gasteiger partial charge in [-0.15, -0.1) is 0 Å². The lowest BCUT2D eigenvalue weighted by atomic mass is 9.92. The molecule has 3 amide bonds. The first-order valence-electron chi connectivity index (χ1n) is 12.2. The van der Waals surface area contributed by atoms with Crippen molar-refractivity contribution in [1.82, 2.24) is 15.5 Å². The molecule has 4 rings (SSSR count). The van der Waals surface area contributed by atoms with E-state index in [1.807, 2.05) is 17.0 Å². The Morgan fingerprint density at radius 3 is 2.41 bits per heavy atom. The van der Waals surface area contributed by atoms with E-state index >= 15 is 0 Å². The molecule has 10 nitrogen and oxygen atoms in total. The predicted octanol–water partition coefficient (Wildman–Crippen LogP) is 2.09. The zero-order chi connectivity index (χ0) is 26.5. The molecule has 2 N–H and O–H groups in total. The number of hydrogen-bond donors (Lipinski definition) is 2. The fraction of sp³-hybridized carbons (Fsp3) is 0.444. The summed E-state index contributed by atoms with van der Waals surface area (Å²) >= 11 is 0. The van der Waals surface area contributed by atoms with Crippen molar-refractivity contribution in [3.8, 4) is 28.4 Å². The quantitative estimate of drug-likeness (QED) is 0.581. The Kier molecular flexibility index (Phi) is 8.30. The number of hydrogen-bond acceptors (Lipinski definition) is 8. The van der Waals surface area contributed by atoms with Crippen molar-refractivity contribution >= 4 is 17.7 Å². The normalized spacial score (nSPS) is 17.0. The molecule has 37 heavy (non-hydrogen) atoms. The van der Waals surface area contributed by atoms with Crippen LogP contribution in [0.25, 0.3) is 11.1 Å². The summed E-state index contributed by atoms with van der Waals surface area (Å²) in [6, 6.07) is 6.80. The second-order valence-corrected chi connectivity index (χ2v) is 9.04. The second kappa shape index (κ2) is 11.6. The average molecular weight is 512 g/mol. The van der Waals surface area contributed by atoms with E-state index in [2.05, 4.69) is 10.6 Å². The van der Waals surface area contributed by atoms with Gasteiger partial charge in [0.25, 0.3) is 5.91 Å². The van der Waals surface area contributed by atoms with Crippen LogP contribution in [0.3, 0.4) is 0 Å². The molecule has 1 heterocycles. The van der Waals surface area contributed by atoms with Crippen molar-refractivity contribution < 1.29 is 33.3 Å². The Bertz CT molecular complexity index is 1190. The maximum Gasteiger partial charge on any atom is 0.257 e. The fourth-order valence-electron chi connectivity index (χ4n) is 4.97. The lowest BCUT2D eigenvalue weighted by molar-refractivity contribution is -0.122. The van der Waals surface area contributed by atoms with E-state index in [0.29, 0.717) is 62.0 Å². The van der Waals surface area contributed by atoms with Crippen LogP contribution in [0, 0.1) is 0 Å². The van der Waals surface area contributed by atoms with E-state index in [0.717, 1.165) is 22.3 Å². The van der Waals surface area contributed by atoms with Gasteiger partial charge in [-0.2, -0.15) is 0 Å². The molecule has 1 aliphatic heterocycles. The summed E-state index contributed by atoms with van der Waals surface area (Å²) in [7, 11) is 4.68. The summed E-state index contributed by atoms with van der Waals surface area (Å²) in [6.07, 6.45) is 1.23. The van der Waals surface area contributed by atoms with E-state index in [-0.39, 0.29) is 24.4 Å². The Balaban J connectivity index is 1.72. The van der Waals surface area contributed by atoms with Crippen LogP contribution in [0.5, 0.6) is 17.2 Å². The molecule has 0 radical (unpaired) electrons. The van der Waals surface area contributed by atoms with Gasteiger partial charge in [0.15, 0.2) is 11.5 Å². The summed E-state index contributed by atoms with van der Waals surface area (Å²) in [4.78, 5) is 39.6. The molecule has 1 fully saturated rings. The molecular weight excluding hydrogens is 478 g/mol. The van der Waals surface area contributed by atoms with Gasteiger partial charge >= 0.3 is 0 Å². The average Bonchev–Trinajstić information content (AvgIpc) is 3.04. The number of aryl methyl sites for hydroxylation is 1. The molecule has 10 heteroatoms. The Hall–Kier alpha value is -3.63. The number of imide groups is 1. The molecule has 198 valence electrons. The highest BCUT2D eigenvalue weighted by Gasteiger charge is 2.30. The van der Waals surface area contributed by atoms with Crippen LogP contribution in [-0.2, 0) is 20.7 Å². The first-order chi connectivity index (χ1) is 17.9. The molecule has 0 spiro atoms. The summed E-state index contributed by atoms with van der Waals surface area (Å²) in [5.74, 6) is 0.477. The third-order valence-corrected chi connectivity index (χ3v) is 6.67. The highest BCUT2D eigenvalue weighted by molar-refractivity contribution is 6.05. The minimum absolute atomic E-state index is 0.126. The van der Waals surface area contributed by atoms with Gasteiger partial charge in [-0.1, -0.05) is 6.07 Å². The maximum absolute atomic E-state index is 13.0. The third-order valence-electron chi connectivity index (χ3n) is 6.67. The number of amides is 3. The lowest BCUT2D eigenvalue weighted by Gasteiger charge is -2.25. The number of methoxy groups -OCH3 is 3. The van der Waals surface area contributed by atoms with Gasteiger partial charge in [0, 0.05) is 31.1 Å². The van der Waals surface area contributed by atoms with Crippen molar-refractivity contribution in [1.29, 1.82) is 0 Å². The number of carbonyl (C=O) groups is 3. The van der Waals surface area contributed by atoms with Crippen LogP contribution in [0.2, 0.25) is 0 Å². The van der Waals surface area contributed by atoms with Crippen molar-refractivity contribution in [2.24, 2.45) is 0 Å². The van der Waals surface area contributed by atoms with E-state index in [1.54, 1.807) is 33.5 Å². The van der Waals surface area contributed by atoms with Crippen LogP contribution in [0.4, 0.5) is 0 Å². The molecule has 0 bridgehead atoms. The lowest BCUT2D eigenvalue weighted by Crippen LogP contribution is -2.44. The summed E-state index contributed by atoms with van der Waals surface area (Å²) < 4.78 is 22.2. The Morgan fingerprint density at radius 2 is 1.76 bits per heavy atom. The molecular formula is C27H33N3O7. The van der Waals surface area contributed by atoms with Crippen LogP contribution in [-0.4, -0.2) is 76.8 Å². The first kappa shape index (κ1) is 26.4. The van der Waals surface area contributed by atoms with Crippen molar-refractivity contribution in [2.45, 2.75) is 25.8 Å². The van der Waals surface area contributed by atoms with E-state index in [4.69, 9.17) is 18.9 Å². The Morgan fingerprint density at radius 1 is 1.03 bits per heavy atom. The maximum atomic E-state index is 13.0. The topological polar surface area (TPSA) is 115 Å². The molecule has 2 aliphatic rings. The van der Waals surface area contributed by atoms with Crippen molar-refractivity contribution in [3.05, 3.63) is 41.0 Å². The van der Waals surface area contributed by atoms with E-state index < -0.39 is 5.91 Å². The van der Waals surface area contributed by atoms with Crippen LogP contribution in [0.1, 0.15) is 40.9 Å². The molecule has 0 unspecified atom stereocenters. The second-order valence-electron chi connectivity index (χ2n) is 9.04. The van der Waals surface area contributed by atoms with Crippen LogP contribution >= 0.6 is 0 Å². The van der Waals surface area contributed by atoms with E-state index in [1.165, 1.54) is 6.92 Å². The molecule has 0 saturated carbocycles. The third kappa shape index (κ3) is 5.70. The molecule has 2 aromatic carbocycles. The number of rotatable bonds is 7. The van der Waals surface area contributed by atoms with Crippen molar-refractivity contribution in [3.63, 3.8) is 0 Å². The largest absolute Gasteiger partial charge is 0.493 e. The predicted molar refractivity (Wildman–Crippen MR) is 136 cm³/mol. The molecule has 1 atom stereocenters. The monoisotopic (exact) mass is 511 g/mol. The standard InChI is InChI=1S/C27H33N3O7/c1-16(31)28-21-8-6-17-14-22(34-2)25(35-3)26(36-4)24(17)19-7-5-18(13-20(19)21)27(33)29-23(32)15-30-9-11-37-12-10-30/h5,7,13-14,21H,6,8-12,15H2,1-4H3,(H,28,31)(H,29,32,33)/t21-/m0/s1. The SMILES string of the molecule is COc1cc2c(c(OC)c1OC)-c1ccc(C(=O)NC(=O)CN3CCOCC3)cc1[C@@H](NC(C)=O)CC2. The summed E-state index contributed by atoms with van der Waals surface area (Å²) in [5, 5.41) is 5.50. The molecule has 1 aliphatic carbocycles. The number of ether oxygens (including phenoxy) is 4. The number of fused-ring (bicyclic) bond motifs is 3. The summed E-state index contributed by atoms with van der Waals surface area (Å²) in [5.41, 5.74) is 3.68. The van der Waals surface area contributed by atoms with Crippen LogP contribution in [0.15, 0.2) is 24.3 Å². The van der Waals surface area contributed by atoms with Crippen molar-refractivity contribution in [2.75, 3.05) is 54.2 Å². The van der Waals surface area contributed by atoms with E-state index in [9.17, 15) is 14.4 Å². The number of morpholine rings is 1. The van der Waals surface area contributed by atoms with Crippen LogP contribution < -0.4 is 24.8 Å². The zero-order valence-corrected chi connectivity index (χ0v) is 21.6. The Labute approximate surface area is 216 Å². The highest BCUT2D eigenvalue weighted by Crippen LogP contribution is 2.50.